The van der Waals surface area contributed by atoms with Crippen LogP contribution in [0.3, 0.4) is 0 Å². The third-order valence-electron chi connectivity index (χ3n) is 4.17. The smallest absolute Gasteiger partial charge is 0.0146 e. The van der Waals surface area contributed by atoms with E-state index in [9.17, 15) is 0 Å². The van der Waals surface area contributed by atoms with Crippen LogP contribution in [0.2, 0.25) is 0 Å². The first-order valence-electron chi connectivity index (χ1n) is 7.19. The van der Waals surface area contributed by atoms with E-state index in [1.165, 1.54) is 37.9 Å². The van der Waals surface area contributed by atoms with E-state index in [1.54, 1.807) is 0 Å². The van der Waals surface area contributed by atoms with E-state index >= 15 is 0 Å². The van der Waals surface area contributed by atoms with Crippen LogP contribution in [-0.4, -0.2) is 0 Å². The van der Waals surface area contributed by atoms with Crippen molar-refractivity contribution in [3.63, 3.8) is 0 Å². The van der Waals surface area contributed by atoms with Crippen molar-refractivity contribution in [1.29, 1.82) is 0 Å². The predicted octanol–water partition coefficient (Wildman–Crippen LogP) is 5.71. The second-order valence-electron chi connectivity index (χ2n) is 5.39. The van der Waals surface area contributed by atoms with Gasteiger partial charge in [0.05, 0.1) is 0 Å². The van der Waals surface area contributed by atoms with Gasteiger partial charge in [0.1, 0.15) is 0 Å². The number of hydrogen-bond donors (Lipinski definition) is 0. The van der Waals surface area contributed by atoms with Gasteiger partial charge in [-0.2, -0.15) is 0 Å². The van der Waals surface area contributed by atoms with Crippen molar-refractivity contribution in [2.45, 2.75) is 13.3 Å². The highest BCUT2D eigenvalue weighted by Crippen LogP contribution is 2.29. The highest BCUT2D eigenvalue weighted by atomic mass is 14.1. The lowest BCUT2D eigenvalue weighted by atomic mass is 9.96. The van der Waals surface area contributed by atoms with E-state index in [4.69, 9.17) is 0 Å². The van der Waals surface area contributed by atoms with Gasteiger partial charge in [-0.25, -0.2) is 0 Å². The second-order valence-corrected chi connectivity index (χ2v) is 5.39. The highest BCUT2D eigenvalue weighted by Gasteiger charge is 2.03. The van der Waals surface area contributed by atoms with Crippen LogP contribution in [-0.2, 0) is 6.42 Å². The zero-order chi connectivity index (χ0) is 13.5. The maximum absolute atomic E-state index is 2.34. The molecule has 0 heteroatoms. The van der Waals surface area contributed by atoms with E-state index in [-0.39, 0.29) is 0 Å². The number of rotatable bonds is 1. The van der Waals surface area contributed by atoms with E-state index in [0.29, 0.717) is 0 Å². The van der Waals surface area contributed by atoms with Crippen molar-refractivity contribution >= 4 is 32.3 Å². The minimum Gasteiger partial charge on any atom is -0.0616 e. The monoisotopic (exact) mass is 256 g/mol. The molecule has 0 atom stereocenters. The Balaban J connectivity index is 2.15. The van der Waals surface area contributed by atoms with Crippen molar-refractivity contribution in [2.24, 2.45) is 0 Å². The predicted molar refractivity (Wildman–Crippen MR) is 88.3 cm³/mol. The number of fused-ring (bicyclic) bond motifs is 3. The normalized spacial score (nSPS) is 11.4. The van der Waals surface area contributed by atoms with Crippen molar-refractivity contribution < 1.29 is 0 Å². The lowest BCUT2D eigenvalue weighted by Crippen LogP contribution is -1.84. The maximum Gasteiger partial charge on any atom is -0.0146 e. The Morgan fingerprint density at radius 3 is 1.90 bits per heavy atom. The van der Waals surface area contributed by atoms with E-state index in [2.05, 4.69) is 73.7 Å². The van der Waals surface area contributed by atoms with Crippen LogP contribution in [0, 0.1) is 0 Å². The van der Waals surface area contributed by atoms with Crippen molar-refractivity contribution in [1.82, 2.24) is 0 Å². The fourth-order valence-corrected chi connectivity index (χ4v) is 3.09. The zero-order valence-corrected chi connectivity index (χ0v) is 11.6. The minimum atomic E-state index is 1.08. The summed E-state index contributed by atoms with van der Waals surface area (Å²) >= 11 is 0. The number of aryl methyl sites for hydroxylation is 1. The lowest BCUT2D eigenvalue weighted by Gasteiger charge is -2.08. The molecule has 0 aliphatic rings. The molecule has 0 N–H and O–H groups in total. The molecule has 0 saturated heterocycles. The van der Waals surface area contributed by atoms with Crippen molar-refractivity contribution in [3.8, 4) is 0 Å². The van der Waals surface area contributed by atoms with Crippen LogP contribution < -0.4 is 0 Å². The van der Waals surface area contributed by atoms with Crippen LogP contribution >= 0.6 is 0 Å². The number of benzene rings is 4. The van der Waals surface area contributed by atoms with E-state index < -0.39 is 0 Å². The average molecular weight is 256 g/mol. The summed E-state index contributed by atoms with van der Waals surface area (Å²) in [6.07, 6.45) is 1.08. The van der Waals surface area contributed by atoms with Gasteiger partial charge in [0.25, 0.3) is 0 Å². The molecular formula is C20H16. The maximum atomic E-state index is 2.34. The SMILES string of the molecule is CCc1cccc2cc3cc4ccccc4cc3cc12. The quantitative estimate of drug-likeness (QED) is 0.383. The van der Waals surface area contributed by atoms with Gasteiger partial charge < -0.3 is 0 Å². The molecular weight excluding hydrogens is 240 g/mol. The van der Waals surface area contributed by atoms with Gasteiger partial charge >= 0.3 is 0 Å². The fourth-order valence-electron chi connectivity index (χ4n) is 3.09. The van der Waals surface area contributed by atoms with Gasteiger partial charge in [-0.15, -0.1) is 0 Å². The van der Waals surface area contributed by atoms with Gasteiger partial charge in [0, 0.05) is 0 Å². The Labute approximate surface area is 118 Å². The molecule has 0 fully saturated rings. The zero-order valence-electron chi connectivity index (χ0n) is 11.6. The van der Waals surface area contributed by atoms with Gasteiger partial charge in [-0.05, 0) is 68.6 Å². The van der Waals surface area contributed by atoms with Crippen molar-refractivity contribution in [3.05, 3.63) is 72.3 Å². The summed E-state index contributed by atoms with van der Waals surface area (Å²) in [5.41, 5.74) is 1.43. The highest BCUT2D eigenvalue weighted by molar-refractivity contribution is 6.05. The summed E-state index contributed by atoms with van der Waals surface area (Å²) in [5.74, 6) is 0. The van der Waals surface area contributed by atoms with Crippen molar-refractivity contribution in [2.75, 3.05) is 0 Å². The van der Waals surface area contributed by atoms with Crippen LogP contribution in [0.25, 0.3) is 32.3 Å². The number of hydrogen-bond acceptors (Lipinski definition) is 0. The Kier molecular flexibility index (Phi) is 2.50. The largest absolute Gasteiger partial charge is 0.0616 e. The van der Waals surface area contributed by atoms with Gasteiger partial charge in [0.2, 0.25) is 0 Å². The molecule has 4 aromatic rings. The van der Waals surface area contributed by atoms with Gasteiger partial charge in [-0.3, -0.25) is 0 Å². The first-order valence-corrected chi connectivity index (χ1v) is 7.19. The molecule has 0 amide bonds. The Morgan fingerprint density at radius 2 is 1.20 bits per heavy atom. The Bertz CT molecular complexity index is 932. The van der Waals surface area contributed by atoms with Crippen LogP contribution in [0.5, 0.6) is 0 Å². The molecule has 0 aliphatic carbocycles. The summed E-state index contributed by atoms with van der Waals surface area (Å²) in [7, 11) is 0. The fraction of sp³-hybridized carbons (Fsp3) is 0.100. The van der Waals surface area contributed by atoms with E-state index in [0.717, 1.165) is 6.42 Å². The molecule has 4 aromatic carbocycles. The third-order valence-corrected chi connectivity index (χ3v) is 4.17. The van der Waals surface area contributed by atoms with Gasteiger partial charge in [0.15, 0.2) is 0 Å². The Morgan fingerprint density at radius 1 is 0.600 bits per heavy atom. The first-order chi connectivity index (χ1) is 9.85. The summed E-state index contributed by atoms with van der Waals surface area (Å²) < 4.78 is 0. The molecule has 0 unspecified atom stereocenters. The standard InChI is InChI=1S/C20H16/c1-2-14-8-5-9-17-12-18-10-15-6-3-4-7-16(15)11-19(18)13-20(14)17/h3-13H,2H2,1H3. The lowest BCUT2D eigenvalue weighted by molar-refractivity contribution is 1.16. The molecule has 0 spiro atoms. The summed E-state index contributed by atoms with van der Waals surface area (Å²) in [6, 6.07) is 24.4. The first kappa shape index (κ1) is 11.5. The average Bonchev–Trinajstić information content (AvgIpc) is 2.50. The van der Waals surface area contributed by atoms with Crippen LogP contribution in [0.15, 0.2) is 66.7 Å². The van der Waals surface area contributed by atoms with Crippen LogP contribution in [0.4, 0.5) is 0 Å². The summed E-state index contributed by atoms with van der Waals surface area (Å²) in [5, 5.41) is 8.01. The second kappa shape index (κ2) is 4.35. The topological polar surface area (TPSA) is 0 Å². The molecule has 0 radical (unpaired) electrons. The van der Waals surface area contributed by atoms with Crippen LogP contribution in [0.1, 0.15) is 12.5 Å². The molecule has 0 aliphatic heterocycles. The van der Waals surface area contributed by atoms with Gasteiger partial charge in [-0.1, -0.05) is 49.4 Å². The minimum absolute atomic E-state index is 1.08. The molecule has 4 rings (SSSR count). The molecule has 0 heterocycles. The summed E-state index contributed by atoms with van der Waals surface area (Å²) in [6.45, 7) is 2.22. The molecule has 96 valence electrons. The third kappa shape index (κ3) is 1.69. The molecule has 20 heavy (non-hydrogen) atoms. The molecule has 0 aromatic heterocycles. The molecule has 0 saturated carbocycles. The molecule has 0 nitrogen and oxygen atoms in total. The molecule has 0 bridgehead atoms. The van der Waals surface area contributed by atoms with E-state index in [1.807, 2.05) is 0 Å². The summed E-state index contributed by atoms with van der Waals surface area (Å²) in [4.78, 5) is 0. The Hall–Kier alpha value is -2.34.